The van der Waals surface area contributed by atoms with Gasteiger partial charge < -0.3 is 8.98 Å². The van der Waals surface area contributed by atoms with Gasteiger partial charge in [-0.3, -0.25) is 0 Å². The number of hydrogen-bond donors (Lipinski definition) is 0. The third kappa shape index (κ3) is 4.74. The number of nitriles is 2. The quantitative estimate of drug-likeness (QED) is 0.178. The van der Waals surface area contributed by atoms with Crippen LogP contribution < -0.4 is 0 Å². The molecular weight excluding hydrogens is 795 g/mol. The summed E-state index contributed by atoms with van der Waals surface area (Å²) in [5.41, 5.74) is 9.79. The maximum atomic E-state index is 11.8. The number of furan rings is 1. The topological polar surface area (TPSA) is 65.7 Å². The molecule has 0 fully saturated rings. The van der Waals surface area contributed by atoms with Crippen molar-refractivity contribution in [2.75, 3.05) is 0 Å². The Kier molecular flexibility index (Phi) is 7.44. The Labute approximate surface area is 362 Å². The molecule has 9 aromatic carbocycles. The minimum atomic E-state index is 0.302. The molecule has 286 valence electrons. The Bertz CT molecular complexity index is 3990. The van der Waals surface area contributed by atoms with Gasteiger partial charge >= 0.3 is 0 Å². The van der Waals surface area contributed by atoms with E-state index in [2.05, 4.69) is 138 Å². The van der Waals surface area contributed by atoms with Crippen molar-refractivity contribution in [1.82, 2.24) is 4.57 Å². The average Bonchev–Trinajstić information content (AvgIpc) is 4.10. The number of benzene rings is 9. The van der Waals surface area contributed by atoms with E-state index < -0.39 is 0 Å². The van der Waals surface area contributed by atoms with Gasteiger partial charge in [0.2, 0.25) is 0 Å². The highest BCUT2D eigenvalue weighted by atomic mass is 32.1. The second-order valence-corrected chi connectivity index (χ2v) is 17.8. The van der Waals surface area contributed by atoms with Gasteiger partial charge in [0.1, 0.15) is 23.3 Å². The molecule has 4 aromatic heterocycles. The summed E-state index contributed by atoms with van der Waals surface area (Å²) in [6.07, 6.45) is 0. The van der Waals surface area contributed by atoms with Gasteiger partial charge in [0.05, 0.1) is 37.2 Å². The van der Waals surface area contributed by atoms with E-state index in [1.807, 2.05) is 54.6 Å². The van der Waals surface area contributed by atoms with Crippen LogP contribution in [-0.2, 0) is 0 Å². The maximum Gasteiger partial charge on any atom is 0.143 e. The zero-order chi connectivity index (χ0) is 41.1. The van der Waals surface area contributed by atoms with E-state index in [0.29, 0.717) is 28.0 Å². The van der Waals surface area contributed by atoms with E-state index in [1.165, 1.54) is 20.2 Å². The number of hydrogen-bond acceptors (Lipinski definition) is 5. The molecule has 0 saturated carbocycles. The minimum absolute atomic E-state index is 0.302. The molecule has 4 heterocycles. The van der Waals surface area contributed by atoms with E-state index in [4.69, 9.17) is 4.42 Å². The zero-order valence-electron chi connectivity index (χ0n) is 32.8. The van der Waals surface area contributed by atoms with Crippen molar-refractivity contribution in [3.8, 4) is 51.2 Å². The van der Waals surface area contributed by atoms with Gasteiger partial charge in [-0.2, -0.15) is 10.5 Å². The molecule has 0 N–H and O–H groups in total. The molecule has 4 nitrogen and oxygen atoms in total. The van der Waals surface area contributed by atoms with Crippen LogP contribution >= 0.6 is 22.7 Å². The van der Waals surface area contributed by atoms with E-state index in [-0.39, 0.29) is 0 Å². The largest absolute Gasteiger partial charge is 0.455 e. The molecule has 0 atom stereocenters. The zero-order valence-corrected chi connectivity index (χ0v) is 34.4. The summed E-state index contributed by atoms with van der Waals surface area (Å²) in [6.45, 7) is 0. The summed E-state index contributed by atoms with van der Waals surface area (Å²) >= 11 is 3.55. The van der Waals surface area contributed by atoms with Crippen molar-refractivity contribution in [2.45, 2.75) is 0 Å². The van der Waals surface area contributed by atoms with Gasteiger partial charge in [0, 0.05) is 74.7 Å². The summed E-state index contributed by atoms with van der Waals surface area (Å²) in [4.78, 5) is 0. The second-order valence-electron chi connectivity index (χ2n) is 15.7. The molecule has 0 spiro atoms. The predicted molar refractivity (Wildman–Crippen MR) is 260 cm³/mol. The van der Waals surface area contributed by atoms with Crippen LogP contribution in [-0.4, -0.2) is 4.57 Å². The third-order valence-electron chi connectivity index (χ3n) is 12.5. The lowest BCUT2D eigenvalue weighted by molar-refractivity contribution is 0.670. The van der Waals surface area contributed by atoms with Gasteiger partial charge in [-0.1, -0.05) is 158 Å². The maximum absolute atomic E-state index is 11.8. The monoisotopic (exact) mass is 823 g/mol. The number of nitrogens with zero attached hydrogens (tertiary/aromatic N) is 3. The van der Waals surface area contributed by atoms with Crippen molar-refractivity contribution in [3.63, 3.8) is 0 Å². The molecule has 0 aliphatic rings. The van der Waals surface area contributed by atoms with Crippen LogP contribution in [0.3, 0.4) is 0 Å². The highest BCUT2D eigenvalue weighted by Crippen LogP contribution is 2.53. The summed E-state index contributed by atoms with van der Waals surface area (Å²) in [7, 11) is 0. The van der Waals surface area contributed by atoms with Crippen LogP contribution in [0.25, 0.3) is 123 Å². The molecule has 0 radical (unpaired) electrons. The Hall–Kier alpha value is -8.00. The number of para-hydroxylation sites is 2. The third-order valence-corrected chi connectivity index (χ3v) is 14.9. The van der Waals surface area contributed by atoms with Gasteiger partial charge in [-0.25, -0.2) is 0 Å². The summed E-state index contributed by atoms with van der Waals surface area (Å²) < 4.78 is 13.7. The second kappa shape index (κ2) is 13.3. The van der Waals surface area contributed by atoms with Gasteiger partial charge in [-0.15, -0.1) is 22.7 Å². The fourth-order valence-electron chi connectivity index (χ4n) is 9.94. The predicted octanol–water partition coefficient (Wildman–Crippen LogP) is 16.2. The van der Waals surface area contributed by atoms with E-state index in [9.17, 15) is 10.5 Å². The molecule has 13 rings (SSSR count). The molecule has 62 heavy (non-hydrogen) atoms. The van der Waals surface area contributed by atoms with Gasteiger partial charge in [0.15, 0.2) is 0 Å². The lowest BCUT2D eigenvalue weighted by Gasteiger charge is -2.25. The van der Waals surface area contributed by atoms with Crippen molar-refractivity contribution < 1.29 is 4.42 Å². The first-order valence-electron chi connectivity index (χ1n) is 20.5. The molecule has 0 unspecified atom stereocenters. The Morgan fingerprint density at radius 1 is 0.403 bits per heavy atom. The standard InChI is InChI=1S/C56H29N3OS2/c57-30-43-44(31-58)51(49(33-16-5-2-6-17-33)48(32-14-3-1-4-15-32)50(43)42-22-13-21-39-34-18-7-10-23-45(34)60-54(39)42)59-52-37(26-28-40-35-19-8-11-24-46(35)61-55(40)52)38-27-29-41-36-20-9-12-25-47(36)62-56(41)53(38)59/h1-29H. The highest BCUT2D eigenvalue weighted by molar-refractivity contribution is 7.27. The van der Waals surface area contributed by atoms with Crippen LogP contribution in [0.1, 0.15) is 11.1 Å². The SMILES string of the molecule is N#Cc1c(C#N)c(-n2c3c(ccc4c5ccccc5sc43)c3ccc4c5ccccc5sc4c32)c(-c2ccccc2)c(-c2ccccc2)c1-c1cccc2c1oc1ccccc12. The average molecular weight is 824 g/mol. The molecule has 13 aromatic rings. The normalized spacial score (nSPS) is 11.8. The smallest absolute Gasteiger partial charge is 0.143 e. The molecular formula is C56H29N3OS2. The first kappa shape index (κ1) is 34.8. The van der Waals surface area contributed by atoms with E-state index >= 15 is 0 Å². The molecule has 0 saturated heterocycles. The molecule has 0 bridgehead atoms. The fourth-order valence-corrected chi connectivity index (χ4v) is 12.4. The van der Waals surface area contributed by atoms with Crippen LogP contribution in [0.15, 0.2) is 180 Å². The van der Waals surface area contributed by atoms with E-state index in [0.717, 1.165) is 86.2 Å². The van der Waals surface area contributed by atoms with Gasteiger partial charge in [0.25, 0.3) is 0 Å². The van der Waals surface area contributed by atoms with Crippen LogP contribution in [0, 0.1) is 22.7 Å². The summed E-state index contributed by atoms with van der Waals surface area (Å²) in [6, 6.07) is 66.4. The molecule has 0 aliphatic heterocycles. The number of fused-ring (bicyclic) bond motifs is 14. The Morgan fingerprint density at radius 2 is 0.903 bits per heavy atom. The van der Waals surface area contributed by atoms with Crippen molar-refractivity contribution >= 4 is 107 Å². The molecule has 6 heteroatoms. The number of aromatic nitrogens is 1. The lowest BCUT2D eigenvalue weighted by atomic mass is 9.81. The van der Waals surface area contributed by atoms with Crippen molar-refractivity contribution in [3.05, 3.63) is 187 Å². The van der Waals surface area contributed by atoms with Gasteiger partial charge in [-0.05, 0) is 29.3 Å². The van der Waals surface area contributed by atoms with Crippen LogP contribution in [0.2, 0.25) is 0 Å². The molecule has 0 aliphatic carbocycles. The molecule has 0 amide bonds. The van der Waals surface area contributed by atoms with Crippen molar-refractivity contribution in [1.29, 1.82) is 10.5 Å². The Balaban J connectivity index is 1.33. The number of thiophene rings is 2. The first-order chi connectivity index (χ1) is 30.7. The summed E-state index contributed by atoms with van der Waals surface area (Å²) in [5.74, 6) is 0. The van der Waals surface area contributed by atoms with Crippen LogP contribution in [0.5, 0.6) is 0 Å². The van der Waals surface area contributed by atoms with E-state index in [1.54, 1.807) is 22.7 Å². The van der Waals surface area contributed by atoms with Crippen molar-refractivity contribution in [2.24, 2.45) is 0 Å². The number of rotatable bonds is 4. The summed E-state index contributed by atoms with van der Waals surface area (Å²) in [5, 5.41) is 32.3. The minimum Gasteiger partial charge on any atom is -0.455 e. The van der Waals surface area contributed by atoms with Crippen LogP contribution in [0.4, 0.5) is 0 Å². The lowest BCUT2D eigenvalue weighted by Crippen LogP contribution is -2.08. The highest BCUT2D eigenvalue weighted by Gasteiger charge is 2.32. The first-order valence-corrected chi connectivity index (χ1v) is 22.1. The fraction of sp³-hybridized carbons (Fsp3) is 0. The Morgan fingerprint density at radius 3 is 1.50 bits per heavy atom.